The Morgan fingerprint density at radius 3 is 2.56 bits per heavy atom. The third-order valence-corrected chi connectivity index (χ3v) is 11.6. The molecule has 50 heavy (non-hydrogen) atoms. The molecule has 3 aromatic carbocycles. The third-order valence-electron chi connectivity index (χ3n) is 9.79. The Kier molecular flexibility index (Phi) is 9.45. The number of benzene rings is 3. The van der Waals surface area contributed by atoms with Gasteiger partial charge in [-0.15, -0.1) is 5.10 Å². The van der Waals surface area contributed by atoms with Crippen LogP contribution < -0.4 is 15.6 Å². The molecule has 1 amide bonds. The van der Waals surface area contributed by atoms with E-state index in [-0.39, 0.29) is 29.7 Å². The zero-order valence-electron chi connectivity index (χ0n) is 29.6. The van der Waals surface area contributed by atoms with Gasteiger partial charge in [0, 0.05) is 37.8 Å². The first-order valence-electron chi connectivity index (χ1n) is 16.9. The number of amides is 1. The number of nitrogens with one attached hydrogen (secondary N) is 1. The van der Waals surface area contributed by atoms with E-state index in [1.807, 2.05) is 76.6 Å². The zero-order chi connectivity index (χ0) is 36.0. The molecule has 0 saturated carbocycles. The van der Waals surface area contributed by atoms with Gasteiger partial charge in [-0.2, -0.15) is 4.31 Å². The summed E-state index contributed by atoms with van der Waals surface area (Å²) in [6.07, 6.45) is 1.95. The highest BCUT2D eigenvalue weighted by atomic mass is 32.2. The van der Waals surface area contributed by atoms with E-state index < -0.39 is 32.9 Å². The van der Waals surface area contributed by atoms with Crippen molar-refractivity contribution >= 4 is 27.0 Å². The first-order chi connectivity index (χ1) is 23.8. The molecule has 11 nitrogen and oxygen atoms in total. The molecule has 262 valence electrons. The number of carbonyl (C=O) groups is 1. The highest BCUT2D eigenvalue weighted by Gasteiger charge is 2.38. The van der Waals surface area contributed by atoms with Crippen molar-refractivity contribution in [3.05, 3.63) is 117 Å². The van der Waals surface area contributed by atoms with Crippen LogP contribution in [0.15, 0.2) is 82.6 Å². The van der Waals surface area contributed by atoms with Crippen molar-refractivity contribution in [1.29, 1.82) is 0 Å². The van der Waals surface area contributed by atoms with Gasteiger partial charge in [-0.3, -0.25) is 9.59 Å². The molecule has 12 heteroatoms. The van der Waals surface area contributed by atoms with E-state index in [4.69, 9.17) is 4.74 Å². The molecule has 5 aromatic rings. The molecule has 2 aromatic heterocycles. The summed E-state index contributed by atoms with van der Waals surface area (Å²) in [5, 5.41) is 12.0. The number of aryl methyl sites for hydroxylation is 4. The Morgan fingerprint density at radius 2 is 1.82 bits per heavy atom. The van der Waals surface area contributed by atoms with Crippen LogP contribution in [0.1, 0.15) is 78.2 Å². The monoisotopic (exact) mass is 696 g/mol. The number of rotatable bonds is 9. The maximum Gasteiger partial charge on any atom is 0.263 e. The van der Waals surface area contributed by atoms with Gasteiger partial charge in [-0.1, -0.05) is 48.5 Å². The van der Waals surface area contributed by atoms with E-state index in [2.05, 4.69) is 15.6 Å². The smallest absolute Gasteiger partial charge is 0.263 e. The molecule has 0 radical (unpaired) electrons. The summed E-state index contributed by atoms with van der Waals surface area (Å²) in [6, 6.07) is 20.1. The van der Waals surface area contributed by atoms with Gasteiger partial charge in [0.25, 0.3) is 11.5 Å². The average Bonchev–Trinajstić information content (AvgIpc) is 3.47. The highest BCUT2D eigenvalue weighted by molar-refractivity contribution is 7.89. The topological polar surface area (TPSA) is 128 Å². The lowest BCUT2D eigenvalue weighted by atomic mass is 9.74. The molecule has 0 fully saturated rings. The van der Waals surface area contributed by atoms with Crippen molar-refractivity contribution in [2.24, 2.45) is 7.05 Å². The van der Waals surface area contributed by atoms with E-state index in [9.17, 15) is 18.0 Å². The fourth-order valence-electron chi connectivity index (χ4n) is 6.95. The van der Waals surface area contributed by atoms with E-state index in [0.29, 0.717) is 18.7 Å². The summed E-state index contributed by atoms with van der Waals surface area (Å²) in [5.41, 5.74) is 4.88. The lowest BCUT2D eigenvalue weighted by molar-refractivity contribution is 0.0903. The van der Waals surface area contributed by atoms with Crippen LogP contribution in [0.2, 0.25) is 0 Å². The van der Waals surface area contributed by atoms with Gasteiger partial charge < -0.3 is 14.6 Å². The van der Waals surface area contributed by atoms with Gasteiger partial charge in [0.05, 0.1) is 12.1 Å². The summed E-state index contributed by atoms with van der Waals surface area (Å²) in [7, 11) is -2.26. The summed E-state index contributed by atoms with van der Waals surface area (Å²) < 4.78 is 39.0. The number of hydrogen-bond acceptors (Lipinski definition) is 7. The minimum absolute atomic E-state index is 0.0452. The van der Waals surface area contributed by atoms with Crippen molar-refractivity contribution in [3.63, 3.8) is 0 Å². The predicted octanol–water partition coefficient (Wildman–Crippen LogP) is 5.47. The summed E-state index contributed by atoms with van der Waals surface area (Å²) in [6.45, 7) is 12.9. The van der Waals surface area contributed by atoms with Crippen LogP contribution in [0.25, 0.3) is 11.0 Å². The van der Waals surface area contributed by atoms with Crippen molar-refractivity contribution in [2.45, 2.75) is 83.5 Å². The molecular weight excluding hydrogens is 653 g/mol. The van der Waals surface area contributed by atoms with Crippen LogP contribution in [-0.4, -0.2) is 56.4 Å². The van der Waals surface area contributed by atoms with Gasteiger partial charge in [-0.05, 0) is 99.2 Å². The number of para-hydroxylation sites is 1. The molecule has 6 rings (SSSR count). The molecule has 1 N–H and O–H groups in total. The van der Waals surface area contributed by atoms with Gasteiger partial charge in [0.15, 0.2) is 0 Å². The van der Waals surface area contributed by atoms with Crippen LogP contribution in [0.3, 0.4) is 0 Å². The zero-order valence-corrected chi connectivity index (χ0v) is 30.4. The number of pyridine rings is 1. The Morgan fingerprint density at radius 1 is 1.06 bits per heavy atom. The first kappa shape index (κ1) is 35.0. The standard InChI is InChI=1S/C38H44N6O5S/c1-8-28-23-43(50(47,48)33-15-11-10-14-32(33)49-28)22-27-21-26(17-16-24(27)3)34(29-18-19-31-35(25(29)4)40-41-44(31)9-2)38(5,6)39-36(45)30-13-12-20-42(7)37(30)46/h10-21,28,34H,8-9,22-23H2,1-7H3,(H,39,45)/t28-,34?/m1/s1. The van der Waals surface area contributed by atoms with Crippen LogP contribution >= 0.6 is 0 Å². The van der Waals surface area contributed by atoms with Gasteiger partial charge in [0.1, 0.15) is 27.8 Å². The quantitative estimate of drug-likeness (QED) is 0.217. The second kappa shape index (κ2) is 13.5. The summed E-state index contributed by atoms with van der Waals surface area (Å²) in [5.74, 6) is -0.546. The fourth-order valence-corrected chi connectivity index (χ4v) is 8.52. The van der Waals surface area contributed by atoms with E-state index in [1.165, 1.54) is 14.9 Å². The lowest BCUT2D eigenvalue weighted by Gasteiger charge is -2.37. The normalized spacial score (nSPS) is 16.7. The molecule has 1 aliphatic rings. The largest absolute Gasteiger partial charge is 0.488 e. The number of carbonyl (C=O) groups excluding carboxylic acids is 1. The minimum Gasteiger partial charge on any atom is -0.488 e. The molecular formula is C38H44N6O5S. The van der Waals surface area contributed by atoms with Crippen LogP contribution in [0.4, 0.5) is 0 Å². The molecule has 3 heterocycles. The SMILES string of the molecule is CC[C@@H]1CN(Cc2cc(C(c3ccc4c(nnn4CC)c3C)C(C)(C)NC(=O)c3cccn(C)c3=O)ccc2C)S(=O)(=O)c2ccccc2O1. The fraction of sp³-hybridized carbons (Fsp3) is 0.368. The Labute approximate surface area is 292 Å². The predicted molar refractivity (Wildman–Crippen MR) is 193 cm³/mol. The Bertz CT molecular complexity index is 2260. The maximum atomic E-state index is 14.1. The molecule has 1 unspecified atom stereocenters. The van der Waals surface area contributed by atoms with Crippen molar-refractivity contribution in [3.8, 4) is 5.75 Å². The number of aromatic nitrogens is 4. The Balaban J connectivity index is 1.46. The molecule has 1 aliphatic heterocycles. The van der Waals surface area contributed by atoms with Crippen molar-refractivity contribution < 1.29 is 17.9 Å². The summed E-state index contributed by atoms with van der Waals surface area (Å²) in [4.78, 5) is 26.8. The van der Waals surface area contributed by atoms with Gasteiger partial charge in [-0.25, -0.2) is 13.1 Å². The van der Waals surface area contributed by atoms with Crippen molar-refractivity contribution in [1.82, 2.24) is 29.2 Å². The highest BCUT2D eigenvalue weighted by Crippen LogP contribution is 2.40. The molecule has 0 spiro atoms. The van der Waals surface area contributed by atoms with Crippen LogP contribution in [-0.2, 0) is 30.2 Å². The number of fused-ring (bicyclic) bond motifs is 2. The van der Waals surface area contributed by atoms with Crippen LogP contribution in [0.5, 0.6) is 5.75 Å². The molecule has 0 aliphatic carbocycles. The average molecular weight is 697 g/mol. The second-order valence-corrected chi connectivity index (χ2v) is 15.5. The van der Waals surface area contributed by atoms with E-state index >= 15 is 0 Å². The number of ether oxygens (including phenoxy) is 1. The van der Waals surface area contributed by atoms with E-state index in [1.54, 1.807) is 43.6 Å². The second-order valence-electron chi connectivity index (χ2n) is 13.6. The van der Waals surface area contributed by atoms with Crippen LogP contribution in [0, 0.1) is 13.8 Å². The number of nitrogens with zero attached hydrogens (tertiary/aromatic N) is 5. The third kappa shape index (κ3) is 6.33. The van der Waals surface area contributed by atoms with Gasteiger partial charge >= 0.3 is 0 Å². The van der Waals surface area contributed by atoms with E-state index in [0.717, 1.165) is 38.9 Å². The van der Waals surface area contributed by atoms with Gasteiger partial charge in [0.2, 0.25) is 10.0 Å². The molecule has 0 saturated heterocycles. The van der Waals surface area contributed by atoms with Crippen molar-refractivity contribution in [2.75, 3.05) is 6.54 Å². The first-order valence-corrected chi connectivity index (χ1v) is 18.4. The molecule has 2 atom stereocenters. The summed E-state index contributed by atoms with van der Waals surface area (Å²) >= 11 is 0. The maximum absolute atomic E-state index is 14.1. The number of sulfonamides is 1. The molecule has 0 bridgehead atoms. The lowest BCUT2D eigenvalue weighted by Crippen LogP contribution is -2.50. The number of hydrogen-bond donors (Lipinski definition) is 1. The minimum atomic E-state index is -3.87. The Hall–Kier alpha value is -4.81.